The Kier molecular flexibility index (Phi) is 6.49. The number of aliphatic hydroxyl groups is 2. The maximum atomic E-state index is 10.7. The summed E-state index contributed by atoms with van der Waals surface area (Å²) in [4.78, 5) is 12.3. The third-order valence-electron chi connectivity index (χ3n) is 4.26. The van der Waals surface area contributed by atoms with E-state index in [4.69, 9.17) is 0 Å². The molecule has 8 heteroatoms. The molecule has 1 fully saturated rings. The van der Waals surface area contributed by atoms with Crippen molar-refractivity contribution < 1.29 is 15.1 Å². The first-order valence-electron chi connectivity index (χ1n) is 8.22. The van der Waals surface area contributed by atoms with Gasteiger partial charge >= 0.3 is 5.69 Å². The summed E-state index contributed by atoms with van der Waals surface area (Å²) in [6, 6.07) is 0.389. The summed E-state index contributed by atoms with van der Waals surface area (Å²) < 4.78 is 1.39. The molecule has 23 heavy (non-hydrogen) atoms. The molecule has 1 aliphatic rings. The second kappa shape index (κ2) is 8.37. The van der Waals surface area contributed by atoms with Crippen LogP contribution in [0.25, 0.3) is 0 Å². The fourth-order valence-corrected chi connectivity index (χ4v) is 3.25. The summed E-state index contributed by atoms with van der Waals surface area (Å²) in [7, 11) is 0. The molecule has 2 atom stereocenters. The summed E-state index contributed by atoms with van der Waals surface area (Å²) in [6.45, 7) is 2.92. The smallest absolute Gasteiger partial charge is 0.306 e. The van der Waals surface area contributed by atoms with E-state index in [2.05, 4.69) is 10.00 Å². The van der Waals surface area contributed by atoms with Gasteiger partial charge < -0.3 is 10.2 Å². The molecule has 0 spiro atoms. The molecule has 1 aromatic rings. The average molecular weight is 326 g/mol. The Hall–Kier alpha value is -1.51. The number of aliphatic hydroxyl groups excluding tert-OH is 2. The Labute approximate surface area is 135 Å². The van der Waals surface area contributed by atoms with Gasteiger partial charge in [0.2, 0.25) is 0 Å². The van der Waals surface area contributed by atoms with Crippen molar-refractivity contribution in [2.75, 3.05) is 13.1 Å². The quantitative estimate of drug-likeness (QED) is 0.549. The molecule has 1 heterocycles. The van der Waals surface area contributed by atoms with Crippen LogP contribution < -0.4 is 0 Å². The van der Waals surface area contributed by atoms with E-state index < -0.39 is 17.1 Å². The van der Waals surface area contributed by atoms with Gasteiger partial charge in [0.05, 0.1) is 23.7 Å². The highest BCUT2D eigenvalue weighted by Gasteiger charge is 2.24. The molecule has 1 saturated carbocycles. The standard InChI is InChI=1S/C15H26N4O4/c1-12(20)8-17(13-5-3-2-4-6-13)10-15(21)11-18-9-14(7-16-18)19(22)23/h7,9,12-13,15,20-21H,2-6,8,10-11H2,1H3. The molecule has 0 aromatic carbocycles. The number of nitrogens with zero attached hydrogens (tertiary/aromatic N) is 4. The van der Waals surface area contributed by atoms with Crippen LogP contribution in [0.4, 0.5) is 5.69 Å². The van der Waals surface area contributed by atoms with Crippen LogP contribution in [0.5, 0.6) is 0 Å². The maximum Gasteiger partial charge on any atom is 0.306 e. The fourth-order valence-electron chi connectivity index (χ4n) is 3.25. The average Bonchev–Trinajstić information content (AvgIpc) is 2.95. The van der Waals surface area contributed by atoms with Gasteiger partial charge in [-0.2, -0.15) is 5.10 Å². The molecule has 2 N–H and O–H groups in total. The monoisotopic (exact) mass is 326 g/mol. The van der Waals surface area contributed by atoms with Crippen LogP contribution in [0.15, 0.2) is 12.4 Å². The SMILES string of the molecule is CC(O)CN(CC(O)Cn1cc([N+](=O)[O-])cn1)C1CCCCC1. The largest absolute Gasteiger partial charge is 0.392 e. The third kappa shape index (κ3) is 5.56. The van der Waals surface area contributed by atoms with E-state index in [0.717, 1.165) is 12.8 Å². The topological polar surface area (TPSA) is 105 Å². The van der Waals surface area contributed by atoms with Crippen LogP contribution >= 0.6 is 0 Å². The second-order valence-electron chi connectivity index (χ2n) is 6.43. The minimum atomic E-state index is -0.685. The van der Waals surface area contributed by atoms with Crippen molar-refractivity contribution in [1.82, 2.24) is 14.7 Å². The highest BCUT2D eigenvalue weighted by molar-refractivity contribution is 5.20. The lowest BCUT2D eigenvalue weighted by Gasteiger charge is -2.36. The Morgan fingerprint density at radius 2 is 2.09 bits per heavy atom. The van der Waals surface area contributed by atoms with E-state index in [9.17, 15) is 20.3 Å². The van der Waals surface area contributed by atoms with Crippen molar-refractivity contribution in [3.05, 3.63) is 22.5 Å². The van der Waals surface area contributed by atoms with E-state index in [1.54, 1.807) is 6.92 Å². The number of rotatable bonds is 8. The van der Waals surface area contributed by atoms with Gasteiger partial charge in [-0.1, -0.05) is 19.3 Å². The zero-order valence-corrected chi connectivity index (χ0v) is 13.5. The number of nitro groups is 1. The summed E-state index contributed by atoms with van der Waals surface area (Å²) >= 11 is 0. The molecule has 0 aliphatic heterocycles. The van der Waals surface area contributed by atoms with Crippen LogP contribution in [0.1, 0.15) is 39.0 Å². The van der Waals surface area contributed by atoms with E-state index >= 15 is 0 Å². The van der Waals surface area contributed by atoms with E-state index in [-0.39, 0.29) is 12.2 Å². The molecule has 130 valence electrons. The van der Waals surface area contributed by atoms with Gasteiger partial charge in [0.25, 0.3) is 0 Å². The molecule has 2 rings (SSSR count). The summed E-state index contributed by atoms with van der Waals surface area (Å²) in [6.07, 6.45) is 7.16. The zero-order chi connectivity index (χ0) is 16.8. The van der Waals surface area contributed by atoms with Crippen LogP contribution in [-0.4, -0.2) is 61.2 Å². The van der Waals surface area contributed by atoms with Gasteiger partial charge in [0, 0.05) is 19.1 Å². The van der Waals surface area contributed by atoms with Crippen molar-refractivity contribution in [2.24, 2.45) is 0 Å². The van der Waals surface area contributed by atoms with Crippen molar-refractivity contribution in [3.63, 3.8) is 0 Å². The Morgan fingerprint density at radius 3 is 2.65 bits per heavy atom. The van der Waals surface area contributed by atoms with Crippen LogP contribution in [0.2, 0.25) is 0 Å². The molecule has 0 radical (unpaired) electrons. The normalized spacial score (nSPS) is 19.0. The molecule has 8 nitrogen and oxygen atoms in total. The Balaban J connectivity index is 1.92. The fraction of sp³-hybridized carbons (Fsp3) is 0.800. The summed E-state index contributed by atoms with van der Waals surface area (Å²) in [5.74, 6) is 0. The lowest BCUT2D eigenvalue weighted by Crippen LogP contribution is -2.45. The van der Waals surface area contributed by atoms with E-state index in [1.165, 1.54) is 36.3 Å². The van der Waals surface area contributed by atoms with Crippen molar-refractivity contribution >= 4 is 5.69 Å². The molecule has 0 amide bonds. The Bertz CT molecular complexity index is 499. The zero-order valence-electron chi connectivity index (χ0n) is 13.5. The number of aromatic nitrogens is 2. The van der Waals surface area contributed by atoms with Gasteiger partial charge in [-0.05, 0) is 19.8 Å². The highest BCUT2D eigenvalue weighted by atomic mass is 16.6. The molecule has 0 bridgehead atoms. The third-order valence-corrected chi connectivity index (χ3v) is 4.26. The lowest BCUT2D eigenvalue weighted by atomic mass is 9.93. The van der Waals surface area contributed by atoms with Crippen molar-refractivity contribution in [1.29, 1.82) is 0 Å². The summed E-state index contributed by atoms with van der Waals surface area (Å²) in [5, 5.41) is 34.6. The molecular weight excluding hydrogens is 300 g/mol. The molecule has 1 aliphatic carbocycles. The van der Waals surface area contributed by atoms with Crippen LogP contribution in [-0.2, 0) is 6.54 Å². The minimum Gasteiger partial charge on any atom is -0.392 e. The van der Waals surface area contributed by atoms with Crippen LogP contribution in [0.3, 0.4) is 0 Å². The van der Waals surface area contributed by atoms with Gasteiger partial charge in [0.15, 0.2) is 0 Å². The van der Waals surface area contributed by atoms with E-state index in [0.29, 0.717) is 19.1 Å². The van der Waals surface area contributed by atoms with Gasteiger partial charge in [-0.3, -0.25) is 19.7 Å². The van der Waals surface area contributed by atoms with Crippen LogP contribution in [0, 0.1) is 10.1 Å². The Morgan fingerprint density at radius 1 is 1.39 bits per heavy atom. The predicted octanol–water partition coefficient (Wildman–Crippen LogP) is 1.17. The van der Waals surface area contributed by atoms with Gasteiger partial charge in [0.1, 0.15) is 12.4 Å². The molecule has 1 aromatic heterocycles. The van der Waals surface area contributed by atoms with Crippen molar-refractivity contribution in [2.45, 2.75) is 63.8 Å². The lowest BCUT2D eigenvalue weighted by molar-refractivity contribution is -0.385. The second-order valence-corrected chi connectivity index (χ2v) is 6.43. The van der Waals surface area contributed by atoms with Gasteiger partial charge in [-0.15, -0.1) is 0 Å². The maximum absolute atomic E-state index is 10.7. The first-order chi connectivity index (χ1) is 11.0. The molecule has 0 saturated heterocycles. The number of hydrogen-bond donors (Lipinski definition) is 2. The predicted molar refractivity (Wildman–Crippen MR) is 85.0 cm³/mol. The summed E-state index contributed by atoms with van der Waals surface area (Å²) in [5.41, 5.74) is -0.0784. The van der Waals surface area contributed by atoms with E-state index in [1.807, 2.05) is 0 Å². The van der Waals surface area contributed by atoms with Crippen molar-refractivity contribution in [3.8, 4) is 0 Å². The highest BCUT2D eigenvalue weighted by Crippen LogP contribution is 2.23. The molecule has 2 unspecified atom stereocenters. The first kappa shape index (κ1) is 17.8. The van der Waals surface area contributed by atoms with Gasteiger partial charge in [-0.25, -0.2) is 0 Å². The minimum absolute atomic E-state index is 0.0784. The molecular formula is C15H26N4O4. The first-order valence-corrected chi connectivity index (χ1v) is 8.22. The number of hydrogen-bond acceptors (Lipinski definition) is 6.